The molecule has 0 saturated carbocycles. The van der Waals surface area contributed by atoms with E-state index in [9.17, 15) is 0 Å². The van der Waals surface area contributed by atoms with Crippen LogP contribution in [0.25, 0.3) is 11.0 Å². The van der Waals surface area contributed by atoms with Gasteiger partial charge in [0.1, 0.15) is 5.82 Å². The van der Waals surface area contributed by atoms with Gasteiger partial charge in [0.2, 0.25) is 0 Å². The molecule has 3 heteroatoms. The highest BCUT2D eigenvalue weighted by Crippen LogP contribution is 2.31. The topological polar surface area (TPSA) is 17.8 Å². The van der Waals surface area contributed by atoms with Gasteiger partial charge in [0.15, 0.2) is 0 Å². The highest BCUT2D eigenvalue weighted by Gasteiger charge is 2.20. The van der Waals surface area contributed by atoms with E-state index in [1.807, 2.05) is 6.92 Å². The van der Waals surface area contributed by atoms with Crippen molar-refractivity contribution in [3.05, 3.63) is 29.6 Å². The molecule has 1 heterocycles. The lowest BCUT2D eigenvalue weighted by atomic mass is 10.00. The minimum absolute atomic E-state index is 0.0675. The second-order valence-corrected chi connectivity index (χ2v) is 6.70. The maximum absolute atomic E-state index is 6.35. The Morgan fingerprint density at radius 1 is 1.25 bits per heavy atom. The SMILES string of the molecule is CCC(C)CC(C)n1c(C(C)Cl)nc2cc(C)ccc21. The molecule has 1 aromatic heterocycles. The zero-order chi connectivity index (χ0) is 14.9. The standard InChI is InChI=1S/C17H25ClN2/c1-6-11(2)9-13(4)20-16-8-7-12(3)10-15(16)19-17(20)14(5)18/h7-8,10-11,13-14H,6,9H2,1-5H3. The second kappa shape index (κ2) is 6.17. The molecule has 2 aromatic rings. The molecule has 0 aliphatic heterocycles. The zero-order valence-corrected chi connectivity index (χ0v) is 13.9. The third-order valence-corrected chi connectivity index (χ3v) is 4.30. The van der Waals surface area contributed by atoms with Gasteiger partial charge in [-0.05, 0) is 50.8 Å². The smallest absolute Gasteiger partial charge is 0.127 e. The van der Waals surface area contributed by atoms with Crippen molar-refractivity contribution in [1.82, 2.24) is 9.55 Å². The van der Waals surface area contributed by atoms with E-state index in [1.165, 1.54) is 17.5 Å². The Labute approximate surface area is 127 Å². The number of aryl methyl sites for hydroxylation is 1. The van der Waals surface area contributed by atoms with Crippen molar-refractivity contribution in [2.45, 2.75) is 58.9 Å². The molecule has 0 aliphatic carbocycles. The Bertz CT molecular complexity index is 586. The first kappa shape index (κ1) is 15.4. The van der Waals surface area contributed by atoms with E-state index in [0.29, 0.717) is 12.0 Å². The molecule has 2 nitrogen and oxygen atoms in total. The van der Waals surface area contributed by atoms with Gasteiger partial charge in [0.05, 0.1) is 16.4 Å². The fourth-order valence-electron chi connectivity index (χ4n) is 2.83. The lowest BCUT2D eigenvalue weighted by Crippen LogP contribution is -2.12. The summed E-state index contributed by atoms with van der Waals surface area (Å²) >= 11 is 6.35. The van der Waals surface area contributed by atoms with Gasteiger partial charge in [0.25, 0.3) is 0 Å². The van der Waals surface area contributed by atoms with Crippen LogP contribution in [0.3, 0.4) is 0 Å². The van der Waals surface area contributed by atoms with Crippen molar-refractivity contribution in [3.63, 3.8) is 0 Å². The molecule has 3 unspecified atom stereocenters. The Balaban J connectivity index is 2.51. The molecule has 0 bridgehead atoms. The first-order chi connectivity index (χ1) is 9.43. The van der Waals surface area contributed by atoms with E-state index in [0.717, 1.165) is 17.8 Å². The molecule has 2 rings (SSSR count). The van der Waals surface area contributed by atoms with Crippen molar-refractivity contribution < 1.29 is 0 Å². The van der Waals surface area contributed by atoms with Gasteiger partial charge in [-0.15, -0.1) is 11.6 Å². The molecule has 0 saturated heterocycles. The molecular formula is C17H25ClN2. The number of halogens is 1. The number of aromatic nitrogens is 2. The summed E-state index contributed by atoms with van der Waals surface area (Å²) in [7, 11) is 0. The number of fused-ring (bicyclic) bond motifs is 1. The van der Waals surface area contributed by atoms with Gasteiger partial charge in [-0.3, -0.25) is 0 Å². The largest absolute Gasteiger partial charge is 0.324 e. The van der Waals surface area contributed by atoms with Gasteiger partial charge in [-0.1, -0.05) is 26.3 Å². The van der Waals surface area contributed by atoms with Gasteiger partial charge < -0.3 is 4.57 Å². The quantitative estimate of drug-likeness (QED) is 0.652. The fraction of sp³-hybridized carbons (Fsp3) is 0.588. The van der Waals surface area contributed by atoms with Crippen molar-refractivity contribution in [2.24, 2.45) is 5.92 Å². The van der Waals surface area contributed by atoms with Crippen molar-refractivity contribution in [2.75, 3.05) is 0 Å². The predicted molar refractivity (Wildman–Crippen MR) is 87.5 cm³/mol. The van der Waals surface area contributed by atoms with Crippen LogP contribution in [0.4, 0.5) is 0 Å². The number of benzene rings is 1. The summed E-state index contributed by atoms with van der Waals surface area (Å²) < 4.78 is 2.33. The van der Waals surface area contributed by atoms with E-state index in [1.54, 1.807) is 0 Å². The minimum atomic E-state index is -0.0675. The summed E-state index contributed by atoms with van der Waals surface area (Å²) in [4.78, 5) is 4.76. The molecule has 1 aromatic carbocycles. The van der Waals surface area contributed by atoms with Crippen LogP contribution < -0.4 is 0 Å². The lowest BCUT2D eigenvalue weighted by molar-refractivity contribution is 0.397. The Morgan fingerprint density at radius 2 is 1.95 bits per heavy atom. The van der Waals surface area contributed by atoms with Crippen LogP contribution >= 0.6 is 11.6 Å². The summed E-state index contributed by atoms with van der Waals surface area (Å²) in [6, 6.07) is 6.89. The lowest BCUT2D eigenvalue weighted by Gasteiger charge is -2.21. The summed E-state index contributed by atoms with van der Waals surface area (Å²) in [6.45, 7) is 10.9. The number of alkyl halides is 1. The number of imidazole rings is 1. The summed E-state index contributed by atoms with van der Waals surface area (Å²) in [5.41, 5.74) is 3.50. The molecule has 0 spiro atoms. The Kier molecular flexibility index (Phi) is 4.74. The summed E-state index contributed by atoms with van der Waals surface area (Å²) in [5.74, 6) is 1.70. The average molecular weight is 293 g/mol. The molecule has 3 atom stereocenters. The monoisotopic (exact) mass is 292 g/mol. The van der Waals surface area contributed by atoms with Crippen LogP contribution in [0.2, 0.25) is 0 Å². The van der Waals surface area contributed by atoms with Crippen LogP contribution in [-0.4, -0.2) is 9.55 Å². The maximum atomic E-state index is 6.35. The van der Waals surface area contributed by atoms with Crippen molar-refractivity contribution in [3.8, 4) is 0 Å². The first-order valence-corrected chi connectivity index (χ1v) is 8.00. The highest BCUT2D eigenvalue weighted by molar-refractivity contribution is 6.20. The molecule has 0 aliphatic rings. The van der Waals surface area contributed by atoms with E-state index in [4.69, 9.17) is 16.6 Å². The number of hydrogen-bond acceptors (Lipinski definition) is 1. The van der Waals surface area contributed by atoms with Gasteiger partial charge in [0, 0.05) is 6.04 Å². The van der Waals surface area contributed by atoms with Crippen molar-refractivity contribution in [1.29, 1.82) is 0 Å². The van der Waals surface area contributed by atoms with Gasteiger partial charge in [-0.2, -0.15) is 0 Å². The third-order valence-electron chi connectivity index (χ3n) is 4.11. The Hall–Kier alpha value is -1.02. The number of nitrogens with zero attached hydrogens (tertiary/aromatic N) is 2. The molecule has 0 fully saturated rings. The van der Waals surface area contributed by atoms with Crippen LogP contribution in [0.1, 0.15) is 63.3 Å². The number of hydrogen-bond donors (Lipinski definition) is 0. The highest BCUT2D eigenvalue weighted by atomic mass is 35.5. The van der Waals surface area contributed by atoms with Gasteiger partial charge in [-0.25, -0.2) is 4.98 Å². The van der Waals surface area contributed by atoms with E-state index >= 15 is 0 Å². The molecule has 20 heavy (non-hydrogen) atoms. The first-order valence-electron chi connectivity index (χ1n) is 7.56. The van der Waals surface area contributed by atoms with E-state index in [-0.39, 0.29) is 5.38 Å². The van der Waals surface area contributed by atoms with Crippen LogP contribution in [0.5, 0.6) is 0 Å². The van der Waals surface area contributed by atoms with Crippen LogP contribution in [0, 0.1) is 12.8 Å². The average Bonchev–Trinajstić information content (AvgIpc) is 2.76. The predicted octanol–water partition coefficient (Wildman–Crippen LogP) is 5.64. The zero-order valence-electron chi connectivity index (χ0n) is 13.2. The molecule has 0 radical (unpaired) electrons. The van der Waals surface area contributed by atoms with Crippen molar-refractivity contribution >= 4 is 22.6 Å². The van der Waals surface area contributed by atoms with E-state index < -0.39 is 0 Å². The van der Waals surface area contributed by atoms with Crippen LogP contribution in [0.15, 0.2) is 18.2 Å². The maximum Gasteiger partial charge on any atom is 0.127 e. The Morgan fingerprint density at radius 3 is 2.55 bits per heavy atom. The third kappa shape index (κ3) is 3.01. The fourth-order valence-corrected chi connectivity index (χ4v) is 2.98. The normalized spacial score (nSPS) is 16.3. The molecule has 0 N–H and O–H groups in total. The second-order valence-electron chi connectivity index (χ2n) is 6.05. The van der Waals surface area contributed by atoms with Gasteiger partial charge >= 0.3 is 0 Å². The molecule has 110 valence electrons. The summed E-state index contributed by atoms with van der Waals surface area (Å²) in [6.07, 6.45) is 2.37. The van der Waals surface area contributed by atoms with Crippen LogP contribution in [-0.2, 0) is 0 Å². The molecule has 0 amide bonds. The van der Waals surface area contributed by atoms with E-state index in [2.05, 4.69) is 50.5 Å². The summed E-state index contributed by atoms with van der Waals surface area (Å²) in [5, 5.41) is -0.0675. The number of rotatable bonds is 5. The molecular weight excluding hydrogens is 268 g/mol. The minimum Gasteiger partial charge on any atom is -0.324 e.